The number of nitrogens with zero attached hydrogens (tertiary/aromatic N) is 2. The molecule has 0 aliphatic rings. The van der Waals surface area contributed by atoms with Gasteiger partial charge in [0.25, 0.3) is 0 Å². The number of pyridine rings is 1. The van der Waals surface area contributed by atoms with Gasteiger partial charge in [0.05, 0.1) is 22.4 Å². The van der Waals surface area contributed by atoms with Crippen molar-refractivity contribution in [2.24, 2.45) is 0 Å². The number of aromatic nitrogens is 2. The van der Waals surface area contributed by atoms with Crippen molar-refractivity contribution in [3.8, 4) is 61.6 Å². The van der Waals surface area contributed by atoms with E-state index < -0.39 is 0 Å². The van der Waals surface area contributed by atoms with E-state index in [2.05, 4.69) is 211 Å². The first-order chi connectivity index (χ1) is 27.7. The van der Waals surface area contributed by atoms with Crippen LogP contribution in [0.5, 0.6) is 0 Å². The highest BCUT2D eigenvalue weighted by atomic mass is 32.1. The summed E-state index contributed by atoms with van der Waals surface area (Å²) in [5.74, 6) is 0. The summed E-state index contributed by atoms with van der Waals surface area (Å²) in [7, 11) is 0. The quantitative estimate of drug-likeness (QED) is 0.167. The second-order valence-corrected chi connectivity index (χ2v) is 15.4. The van der Waals surface area contributed by atoms with Gasteiger partial charge >= 0.3 is 0 Å². The monoisotopic (exact) mass is 730 g/mol. The zero-order valence-electron chi connectivity index (χ0n) is 30.4. The standard InChI is InChI=1S/C53H34N2S/c1-4-14-35(15-5-1)38-26-28-50-46(31-38)47-32-39(43-23-13-24-45-44-22-10-11-25-52(44)56-53(43)45)27-29-51(47)55(50)42-21-12-20-40(30-42)49-34-41(36-16-6-2-7-17-36)33-48(54-49)37-18-8-3-9-19-37/h1-34H. The number of benzene rings is 8. The molecule has 0 saturated heterocycles. The maximum atomic E-state index is 5.27. The molecule has 0 saturated carbocycles. The first-order valence-corrected chi connectivity index (χ1v) is 19.8. The largest absolute Gasteiger partial charge is 0.309 e. The van der Waals surface area contributed by atoms with Crippen molar-refractivity contribution in [2.45, 2.75) is 0 Å². The highest BCUT2D eigenvalue weighted by Gasteiger charge is 2.18. The van der Waals surface area contributed by atoms with Gasteiger partial charge in [-0.2, -0.15) is 0 Å². The van der Waals surface area contributed by atoms with Gasteiger partial charge in [-0.05, 0) is 88.0 Å². The Balaban J connectivity index is 1.11. The van der Waals surface area contributed by atoms with Gasteiger partial charge in [-0.3, -0.25) is 0 Å². The Morgan fingerprint density at radius 3 is 1.62 bits per heavy atom. The van der Waals surface area contributed by atoms with E-state index in [1.807, 2.05) is 11.3 Å². The lowest BCUT2D eigenvalue weighted by Crippen LogP contribution is -1.96. The van der Waals surface area contributed by atoms with Gasteiger partial charge in [0.1, 0.15) is 0 Å². The number of hydrogen-bond acceptors (Lipinski definition) is 2. The third-order valence-corrected chi connectivity index (χ3v) is 12.2. The lowest BCUT2D eigenvalue weighted by molar-refractivity contribution is 1.18. The van der Waals surface area contributed by atoms with Crippen molar-refractivity contribution in [3.63, 3.8) is 0 Å². The van der Waals surface area contributed by atoms with Crippen LogP contribution in [0.4, 0.5) is 0 Å². The van der Waals surface area contributed by atoms with Crippen LogP contribution < -0.4 is 0 Å². The molecule has 3 aromatic heterocycles. The van der Waals surface area contributed by atoms with Crippen molar-refractivity contribution in [3.05, 3.63) is 206 Å². The van der Waals surface area contributed by atoms with Crippen molar-refractivity contribution >= 4 is 53.3 Å². The average molecular weight is 731 g/mol. The summed E-state index contributed by atoms with van der Waals surface area (Å²) in [4.78, 5) is 5.27. The van der Waals surface area contributed by atoms with Gasteiger partial charge in [0.15, 0.2) is 0 Å². The van der Waals surface area contributed by atoms with Crippen LogP contribution in [0.15, 0.2) is 206 Å². The van der Waals surface area contributed by atoms with Gasteiger partial charge in [0.2, 0.25) is 0 Å². The van der Waals surface area contributed by atoms with Gasteiger partial charge in [-0.25, -0.2) is 4.98 Å². The molecule has 0 radical (unpaired) electrons. The molecular weight excluding hydrogens is 697 g/mol. The van der Waals surface area contributed by atoms with E-state index in [9.17, 15) is 0 Å². The third-order valence-electron chi connectivity index (χ3n) is 11.0. The molecule has 0 spiro atoms. The summed E-state index contributed by atoms with van der Waals surface area (Å²) >= 11 is 1.88. The first kappa shape index (κ1) is 32.4. The predicted molar refractivity (Wildman–Crippen MR) is 239 cm³/mol. The number of thiophene rings is 1. The molecule has 0 atom stereocenters. The number of fused-ring (bicyclic) bond motifs is 6. The van der Waals surface area contributed by atoms with E-state index in [1.54, 1.807) is 0 Å². The average Bonchev–Trinajstić information content (AvgIpc) is 3.82. The lowest BCUT2D eigenvalue weighted by Gasteiger charge is -2.13. The van der Waals surface area contributed by atoms with Gasteiger partial charge in [-0.1, -0.05) is 152 Å². The summed E-state index contributed by atoms with van der Waals surface area (Å²) in [5.41, 5.74) is 14.7. The molecule has 3 heteroatoms. The van der Waals surface area contributed by atoms with E-state index in [0.717, 1.165) is 33.8 Å². The molecule has 8 aromatic carbocycles. The molecule has 0 N–H and O–H groups in total. The molecule has 0 unspecified atom stereocenters. The van der Waals surface area contributed by atoms with Crippen LogP contribution in [0.1, 0.15) is 0 Å². The van der Waals surface area contributed by atoms with Crippen LogP contribution in [-0.2, 0) is 0 Å². The summed E-state index contributed by atoms with van der Waals surface area (Å²) in [6, 6.07) is 74.4. The minimum absolute atomic E-state index is 0.943. The van der Waals surface area contributed by atoms with Crippen LogP contribution in [-0.4, -0.2) is 9.55 Å². The Kier molecular flexibility index (Phi) is 7.72. The van der Waals surface area contributed by atoms with Crippen molar-refractivity contribution in [1.29, 1.82) is 0 Å². The summed E-state index contributed by atoms with van der Waals surface area (Å²) < 4.78 is 5.07. The van der Waals surface area contributed by atoms with E-state index >= 15 is 0 Å². The predicted octanol–water partition coefficient (Wildman–Crippen LogP) is 14.9. The molecule has 56 heavy (non-hydrogen) atoms. The highest BCUT2D eigenvalue weighted by molar-refractivity contribution is 7.26. The molecule has 11 rings (SSSR count). The molecule has 0 fully saturated rings. The Morgan fingerprint density at radius 1 is 0.339 bits per heavy atom. The smallest absolute Gasteiger partial charge is 0.0716 e. The number of hydrogen-bond donors (Lipinski definition) is 0. The minimum Gasteiger partial charge on any atom is -0.309 e. The van der Waals surface area contributed by atoms with Crippen LogP contribution in [0.25, 0.3) is 104 Å². The van der Waals surface area contributed by atoms with Crippen LogP contribution in [0.3, 0.4) is 0 Å². The molecule has 2 nitrogen and oxygen atoms in total. The van der Waals surface area contributed by atoms with E-state index in [-0.39, 0.29) is 0 Å². The Bertz CT molecular complexity index is 3170. The molecule has 262 valence electrons. The van der Waals surface area contributed by atoms with Gasteiger partial charge in [-0.15, -0.1) is 11.3 Å². The molecule has 0 amide bonds. The van der Waals surface area contributed by atoms with E-state index in [4.69, 9.17) is 4.98 Å². The maximum absolute atomic E-state index is 5.27. The maximum Gasteiger partial charge on any atom is 0.0716 e. The van der Waals surface area contributed by atoms with Crippen molar-refractivity contribution < 1.29 is 0 Å². The SMILES string of the molecule is c1ccc(-c2cc(-c3ccccc3)nc(-c3cccc(-n4c5ccc(-c6ccccc6)cc5c5cc(-c6cccc7c6sc6ccccc67)ccc54)c3)c2)cc1. The van der Waals surface area contributed by atoms with Crippen molar-refractivity contribution in [2.75, 3.05) is 0 Å². The molecule has 0 aliphatic carbocycles. The third kappa shape index (κ3) is 5.52. The zero-order chi connectivity index (χ0) is 37.0. The molecular formula is C53H34N2S. The molecule has 0 aliphatic heterocycles. The Labute approximate surface area is 329 Å². The normalized spacial score (nSPS) is 11.6. The summed E-state index contributed by atoms with van der Waals surface area (Å²) in [6.07, 6.45) is 0. The van der Waals surface area contributed by atoms with Gasteiger partial charge < -0.3 is 4.57 Å². The fourth-order valence-corrected chi connectivity index (χ4v) is 9.53. The lowest BCUT2D eigenvalue weighted by atomic mass is 9.99. The topological polar surface area (TPSA) is 17.8 Å². The van der Waals surface area contributed by atoms with Crippen LogP contribution in [0.2, 0.25) is 0 Å². The number of rotatable bonds is 6. The molecule has 0 bridgehead atoms. The zero-order valence-corrected chi connectivity index (χ0v) is 31.2. The first-order valence-electron chi connectivity index (χ1n) is 19.0. The van der Waals surface area contributed by atoms with Crippen LogP contribution in [0, 0.1) is 0 Å². The molecule has 3 heterocycles. The van der Waals surface area contributed by atoms with E-state index in [1.165, 1.54) is 69.8 Å². The fraction of sp³-hybridized carbons (Fsp3) is 0. The summed E-state index contributed by atoms with van der Waals surface area (Å²) in [5, 5.41) is 5.09. The van der Waals surface area contributed by atoms with Crippen molar-refractivity contribution in [1.82, 2.24) is 9.55 Å². The minimum atomic E-state index is 0.943. The Hall–Kier alpha value is -7.07. The second kappa shape index (κ2) is 13.3. The Morgan fingerprint density at radius 2 is 0.893 bits per heavy atom. The highest BCUT2D eigenvalue weighted by Crippen LogP contribution is 2.43. The van der Waals surface area contributed by atoms with Crippen LogP contribution >= 0.6 is 11.3 Å². The van der Waals surface area contributed by atoms with E-state index in [0.29, 0.717) is 0 Å². The fourth-order valence-electron chi connectivity index (χ4n) is 8.29. The summed E-state index contributed by atoms with van der Waals surface area (Å²) in [6.45, 7) is 0. The molecule has 11 aromatic rings. The van der Waals surface area contributed by atoms with Gasteiger partial charge in [0, 0.05) is 47.8 Å². The second-order valence-electron chi connectivity index (χ2n) is 14.4.